The molecule has 46 heavy (non-hydrogen) atoms. The Balaban J connectivity index is 1.34. The number of hydrogen-bond acceptors (Lipinski definition) is 2. The van der Waals surface area contributed by atoms with Gasteiger partial charge in [0.05, 0.1) is 11.4 Å². The van der Waals surface area contributed by atoms with E-state index in [0.29, 0.717) is 0 Å². The molecule has 2 fully saturated rings. The Morgan fingerprint density at radius 1 is 0.435 bits per heavy atom. The van der Waals surface area contributed by atoms with Gasteiger partial charge < -0.3 is 0 Å². The molecule has 4 aromatic rings. The van der Waals surface area contributed by atoms with Crippen LogP contribution in [-0.2, 0) is 5.41 Å². The van der Waals surface area contributed by atoms with E-state index in [1.165, 1.54) is 96.2 Å². The molecule has 2 atom stereocenters. The molecule has 8 bridgehead atoms. The molecule has 0 amide bonds. The lowest BCUT2D eigenvalue weighted by Crippen LogP contribution is -2.44. The minimum atomic E-state index is -0.195. The summed E-state index contributed by atoms with van der Waals surface area (Å²) in [6.45, 7) is 0. The number of benzene rings is 4. The third-order valence-corrected chi connectivity index (χ3v) is 11.9. The van der Waals surface area contributed by atoms with E-state index in [9.17, 15) is 0 Å². The van der Waals surface area contributed by atoms with Crippen LogP contribution in [-0.4, -0.2) is 11.4 Å². The summed E-state index contributed by atoms with van der Waals surface area (Å²) in [4.78, 5) is 11.5. The van der Waals surface area contributed by atoms with E-state index in [0.717, 1.165) is 24.2 Å². The molecule has 9 rings (SSSR count). The van der Waals surface area contributed by atoms with Gasteiger partial charge in [-0.15, -0.1) is 0 Å². The molecule has 2 heteroatoms. The van der Waals surface area contributed by atoms with Crippen molar-refractivity contribution >= 4 is 22.8 Å². The molecule has 0 saturated heterocycles. The molecule has 0 radical (unpaired) electrons. The average molecular weight is 599 g/mol. The Labute approximate surface area is 273 Å². The van der Waals surface area contributed by atoms with Crippen molar-refractivity contribution in [1.82, 2.24) is 0 Å². The minimum Gasteiger partial charge on any atom is -0.256 e. The van der Waals surface area contributed by atoms with Crippen LogP contribution in [0.25, 0.3) is 11.4 Å². The molecule has 0 aromatic heterocycles. The maximum absolute atomic E-state index is 5.77. The van der Waals surface area contributed by atoms with E-state index in [1.807, 2.05) is 0 Å². The highest BCUT2D eigenvalue weighted by Crippen LogP contribution is 2.53. The smallest absolute Gasteiger partial charge is 0.0672 e. The highest BCUT2D eigenvalue weighted by molar-refractivity contribution is 6.22. The third kappa shape index (κ3) is 4.44. The second-order valence-corrected chi connectivity index (χ2v) is 14.3. The van der Waals surface area contributed by atoms with Crippen LogP contribution in [0.15, 0.2) is 131 Å². The van der Waals surface area contributed by atoms with E-state index >= 15 is 0 Å². The van der Waals surface area contributed by atoms with Gasteiger partial charge in [0, 0.05) is 45.2 Å². The molecular weight excluding hydrogens is 556 g/mol. The standard InChI is InChI=1S/C44H42N2/c1-5-15-31(16-6-1)37-29-39-33-19-13-21-35(27-33)43(23-9-3-10-24-43)36-22-14-20-34(28-36)40-30-38(32-17-7-2-8-18-32)42(46-40)44(41(37)45-39)25-11-4-12-26-44/h1-2,5-8,13-22,27-30,37-38H,3-4,9-12,23-26H2. The lowest BCUT2D eigenvalue weighted by molar-refractivity contribution is 0.346. The maximum Gasteiger partial charge on any atom is 0.0672 e. The molecule has 2 aliphatic carbocycles. The molecule has 3 aliphatic heterocycles. The Bertz CT molecular complexity index is 1770. The lowest BCUT2D eigenvalue weighted by Gasteiger charge is -2.42. The van der Waals surface area contributed by atoms with Crippen LogP contribution in [0.5, 0.6) is 0 Å². The number of allylic oxidation sites excluding steroid dienone is 2. The van der Waals surface area contributed by atoms with Gasteiger partial charge in [-0.05, 0) is 72.2 Å². The summed E-state index contributed by atoms with van der Waals surface area (Å²) in [6, 6.07) is 41.2. The number of rotatable bonds is 2. The summed E-state index contributed by atoms with van der Waals surface area (Å²) >= 11 is 0. The van der Waals surface area contributed by atoms with E-state index in [1.54, 1.807) is 0 Å². The van der Waals surface area contributed by atoms with E-state index in [4.69, 9.17) is 9.98 Å². The van der Waals surface area contributed by atoms with Gasteiger partial charge in [0.2, 0.25) is 0 Å². The topological polar surface area (TPSA) is 24.7 Å². The lowest BCUT2D eigenvalue weighted by atomic mass is 9.61. The first-order valence-corrected chi connectivity index (χ1v) is 17.7. The van der Waals surface area contributed by atoms with Gasteiger partial charge in [-0.2, -0.15) is 0 Å². The van der Waals surface area contributed by atoms with Crippen molar-refractivity contribution in [2.45, 2.75) is 81.5 Å². The third-order valence-electron chi connectivity index (χ3n) is 11.9. The number of nitrogens with zero attached hydrogens (tertiary/aromatic N) is 2. The highest BCUT2D eigenvalue weighted by Gasteiger charge is 2.50. The van der Waals surface area contributed by atoms with Crippen LogP contribution in [0.4, 0.5) is 0 Å². The molecule has 2 nitrogen and oxygen atoms in total. The van der Waals surface area contributed by atoms with Crippen LogP contribution in [0, 0.1) is 5.41 Å². The predicted molar refractivity (Wildman–Crippen MR) is 191 cm³/mol. The number of aliphatic imine (C=N–C) groups is 2. The summed E-state index contributed by atoms with van der Waals surface area (Å²) in [5.41, 5.74) is 12.8. The Morgan fingerprint density at radius 3 is 1.33 bits per heavy atom. The number of fused-ring (bicyclic) bond motifs is 12. The molecule has 2 unspecified atom stereocenters. The van der Waals surface area contributed by atoms with Gasteiger partial charge in [-0.25, -0.2) is 0 Å². The average Bonchev–Trinajstić information content (AvgIpc) is 3.80. The van der Waals surface area contributed by atoms with Crippen molar-refractivity contribution in [3.63, 3.8) is 0 Å². The predicted octanol–water partition coefficient (Wildman–Crippen LogP) is 11.1. The summed E-state index contributed by atoms with van der Waals surface area (Å²) < 4.78 is 0. The van der Waals surface area contributed by atoms with Crippen LogP contribution >= 0.6 is 0 Å². The van der Waals surface area contributed by atoms with Crippen LogP contribution in [0.1, 0.15) is 109 Å². The van der Waals surface area contributed by atoms with Crippen molar-refractivity contribution in [2.24, 2.45) is 15.4 Å². The second kappa shape index (κ2) is 11.2. The van der Waals surface area contributed by atoms with Gasteiger partial charge in [0.1, 0.15) is 0 Å². The van der Waals surface area contributed by atoms with E-state index < -0.39 is 0 Å². The summed E-state index contributed by atoms with van der Waals surface area (Å²) in [6.07, 6.45) is 17.1. The van der Waals surface area contributed by atoms with Crippen molar-refractivity contribution in [1.29, 1.82) is 0 Å². The number of hydrogen-bond donors (Lipinski definition) is 0. The SMILES string of the molecule is C1=C2N=C(C1c1ccccc1)C1(CCCCC1)C1=NC(=CC1c1ccccc1)c1cccc(c1)C1(CCCCC1)c1cccc2c1. The molecule has 3 heterocycles. The second-order valence-electron chi connectivity index (χ2n) is 14.3. The molecule has 228 valence electrons. The van der Waals surface area contributed by atoms with Crippen LogP contribution < -0.4 is 0 Å². The zero-order chi connectivity index (χ0) is 30.6. The molecule has 2 spiro atoms. The van der Waals surface area contributed by atoms with Crippen molar-refractivity contribution in [3.8, 4) is 0 Å². The quantitative estimate of drug-likeness (QED) is 0.219. The zero-order valence-corrected chi connectivity index (χ0v) is 26.7. The molecule has 2 saturated carbocycles. The Morgan fingerprint density at radius 2 is 0.870 bits per heavy atom. The zero-order valence-electron chi connectivity index (χ0n) is 26.7. The maximum atomic E-state index is 5.77. The fourth-order valence-corrected chi connectivity index (χ4v) is 9.56. The largest absolute Gasteiger partial charge is 0.256 e. The van der Waals surface area contributed by atoms with Crippen LogP contribution in [0.3, 0.4) is 0 Å². The summed E-state index contributed by atoms with van der Waals surface area (Å²) in [5, 5.41) is 0. The highest BCUT2D eigenvalue weighted by atomic mass is 14.9. The van der Waals surface area contributed by atoms with Crippen molar-refractivity contribution < 1.29 is 0 Å². The van der Waals surface area contributed by atoms with Gasteiger partial charge in [-0.1, -0.05) is 136 Å². The van der Waals surface area contributed by atoms with Gasteiger partial charge in [-0.3, -0.25) is 9.98 Å². The molecule has 5 aliphatic rings. The monoisotopic (exact) mass is 598 g/mol. The fraction of sp³-hybridized carbons (Fsp3) is 0.318. The normalized spacial score (nSPS) is 24.1. The molecule has 4 aromatic carbocycles. The molecular formula is C44H42N2. The van der Waals surface area contributed by atoms with Gasteiger partial charge >= 0.3 is 0 Å². The summed E-state index contributed by atoms with van der Waals surface area (Å²) in [7, 11) is 0. The first kappa shape index (κ1) is 28.0. The van der Waals surface area contributed by atoms with Crippen molar-refractivity contribution in [3.05, 3.63) is 155 Å². The van der Waals surface area contributed by atoms with Gasteiger partial charge in [0.15, 0.2) is 0 Å². The van der Waals surface area contributed by atoms with Gasteiger partial charge in [0.25, 0.3) is 0 Å². The fourth-order valence-electron chi connectivity index (χ4n) is 9.56. The summed E-state index contributed by atoms with van der Waals surface area (Å²) in [5.74, 6) is 0.270. The van der Waals surface area contributed by atoms with E-state index in [-0.39, 0.29) is 22.7 Å². The Hall–Kier alpha value is -4.30. The minimum absolute atomic E-state index is 0.00800. The Kier molecular flexibility index (Phi) is 6.81. The van der Waals surface area contributed by atoms with E-state index in [2.05, 4.69) is 121 Å². The first-order chi connectivity index (χ1) is 22.7. The first-order valence-electron chi connectivity index (χ1n) is 17.7. The van der Waals surface area contributed by atoms with Crippen LogP contribution in [0.2, 0.25) is 0 Å². The van der Waals surface area contributed by atoms with Crippen molar-refractivity contribution in [2.75, 3.05) is 0 Å². The molecule has 0 N–H and O–H groups in total.